The fraction of sp³-hybridized carbons (Fsp3) is 0.571. The molecule has 6 heteroatoms. The molecule has 1 aromatic rings. The Kier molecular flexibility index (Phi) is 3.14. The van der Waals surface area contributed by atoms with Gasteiger partial charge >= 0.3 is 0 Å². The SMILES string of the molecule is C/C=C1/C[N@+]2(C)CC[C@@]34c5ccccc5N[C@]32[C@H](O)C[C@@H]1C4(CO)C(=O)[O-]. The Bertz CT molecular complexity index is 885. The lowest BCUT2D eigenvalue weighted by molar-refractivity contribution is -0.944. The smallest absolute Gasteiger partial charge is 0.210 e. The van der Waals surface area contributed by atoms with Crippen LogP contribution in [0.4, 0.5) is 5.69 Å². The first kappa shape index (κ1) is 17.2. The zero-order valence-electron chi connectivity index (χ0n) is 15.7. The van der Waals surface area contributed by atoms with Crippen LogP contribution in [0.2, 0.25) is 0 Å². The number of nitrogens with one attached hydrogen (secondary N) is 1. The number of hydrogen-bond acceptors (Lipinski definition) is 5. The Labute approximate surface area is 158 Å². The van der Waals surface area contributed by atoms with Gasteiger partial charge in [-0.15, -0.1) is 0 Å². The molecular weight excluding hydrogens is 344 g/mol. The molecule has 0 amide bonds. The normalized spacial score (nSPS) is 48.1. The predicted octanol–water partition coefficient (Wildman–Crippen LogP) is -0.0342. The van der Waals surface area contributed by atoms with E-state index in [1.165, 1.54) is 0 Å². The summed E-state index contributed by atoms with van der Waals surface area (Å²) in [5.74, 6) is -1.66. The van der Waals surface area contributed by atoms with Crippen LogP contribution in [0.15, 0.2) is 35.9 Å². The molecule has 4 fully saturated rings. The number of benzene rings is 1. The average Bonchev–Trinajstić information content (AvgIpc) is 3.06. The summed E-state index contributed by atoms with van der Waals surface area (Å²) >= 11 is 0. The van der Waals surface area contributed by atoms with Gasteiger partial charge < -0.3 is 25.4 Å². The second-order valence-electron chi connectivity index (χ2n) is 8.95. The van der Waals surface area contributed by atoms with Crippen LogP contribution in [0.1, 0.15) is 25.3 Å². The minimum absolute atomic E-state index is 0.310. The van der Waals surface area contributed by atoms with Crippen LogP contribution in [-0.4, -0.2) is 59.2 Å². The molecule has 4 bridgehead atoms. The number of allylic oxidation sites excluding steroid dienone is 1. The van der Waals surface area contributed by atoms with Gasteiger partial charge in [0.15, 0.2) is 0 Å². The summed E-state index contributed by atoms with van der Waals surface area (Å²) in [6, 6.07) is 7.74. The number of carboxylic acid groups (broad SMARTS) is 1. The number of carboxylic acids is 1. The van der Waals surface area contributed by atoms with Crippen LogP contribution in [0, 0.1) is 11.3 Å². The number of hydrogen-bond donors (Lipinski definition) is 3. The van der Waals surface area contributed by atoms with Crippen molar-refractivity contribution in [3.63, 3.8) is 0 Å². The fourth-order valence-corrected chi connectivity index (χ4v) is 7.52. The third kappa shape index (κ3) is 1.45. The van der Waals surface area contributed by atoms with Gasteiger partial charge in [0.1, 0.15) is 12.6 Å². The van der Waals surface area contributed by atoms with E-state index in [0.29, 0.717) is 23.9 Å². The summed E-state index contributed by atoms with van der Waals surface area (Å²) in [7, 11) is 2.11. The molecule has 6 nitrogen and oxygen atoms in total. The number of likely N-dealkylation sites (N-methyl/N-ethyl adjacent to an activating group) is 1. The minimum atomic E-state index is -1.47. The van der Waals surface area contributed by atoms with Gasteiger partial charge in [0.25, 0.3) is 0 Å². The molecule has 4 aliphatic heterocycles. The molecule has 5 aliphatic rings. The third-order valence-electron chi connectivity index (χ3n) is 8.46. The molecule has 144 valence electrons. The van der Waals surface area contributed by atoms with Crippen LogP contribution < -0.4 is 10.4 Å². The van der Waals surface area contributed by atoms with Crippen LogP contribution in [0.25, 0.3) is 0 Å². The van der Waals surface area contributed by atoms with Gasteiger partial charge in [-0.25, -0.2) is 0 Å². The fourth-order valence-electron chi connectivity index (χ4n) is 7.52. The Morgan fingerprint density at radius 1 is 1.44 bits per heavy atom. The third-order valence-corrected chi connectivity index (χ3v) is 8.46. The van der Waals surface area contributed by atoms with Crippen LogP contribution in [0.5, 0.6) is 0 Å². The minimum Gasteiger partial charge on any atom is -0.549 e. The largest absolute Gasteiger partial charge is 0.549 e. The summed E-state index contributed by atoms with van der Waals surface area (Å²) in [5, 5.41) is 38.6. The number of aliphatic carboxylic acids is 1. The zero-order chi connectivity index (χ0) is 19.2. The molecule has 0 radical (unpaired) electrons. The summed E-state index contributed by atoms with van der Waals surface area (Å²) < 4.78 is 0.522. The molecule has 6 atom stereocenters. The van der Waals surface area contributed by atoms with Crippen molar-refractivity contribution in [1.82, 2.24) is 0 Å². The molecule has 4 heterocycles. The van der Waals surface area contributed by atoms with E-state index in [-0.39, 0.29) is 0 Å². The van der Waals surface area contributed by atoms with E-state index in [1.807, 2.05) is 37.3 Å². The van der Waals surface area contributed by atoms with Gasteiger partial charge in [0, 0.05) is 18.0 Å². The molecule has 3 N–H and O–H groups in total. The van der Waals surface area contributed by atoms with Gasteiger partial charge in [-0.3, -0.25) is 4.48 Å². The number of fused-ring (bicyclic) bond motifs is 3. The maximum Gasteiger partial charge on any atom is 0.210 e. The van der Waals surface area contributed by atoms with E-state index in [1.54, 1.807) is 0 Å². The Balaban J connectivity index is 1.97. The topological polar surface area (TPSA) is 92.6 Å². The van der Waals surface area contributed by atoms with E-state index in [2.05, 4.69) is 12.4 Å². The Morgan fingerprint density at radius 3 is 2.85 bits per heavy atom. The average molecular weight is 370 g/mol. The molecule has 1 spiro atoms. The molecule has 1 saturated carbocycles. The first-order chi connectivity index (χ1) is 12.8. The number of anilines is 1. The molecule has 1 aromatic carbocycles. The zero-order valence-corrected chi connectivity index (χ0v) is 15.7. The summed E-state index contributed by atoms with van der Waals surface area (Å²) in [5.41, 5.74) is -0.526. The number of nitrogens with zero attached hydrogens (tertiary/aromatic N) is 1. The molecule has 3 saturated heterocycles. The van der Waals surface area contributed by atoms with Crippen LogP contribution >= 0.6 is 0 Å². The van der Waals surface area contributed by atoms with E-state index in [9.17, 15) is 20.1 Å². The molecule has 1 aliphatic carbocycles. The van der Waals surface area contributed by atoms with Crippen molar-refractivity contribution in [2.75, 3.05) is 32.1 Å². The van der Waals surface area contributed by atoms with Gasteiger partial charge in [-0.2, -0.15) is 0 Å². The highest BCUT2D eigenvalue weighted by atomic mass is 16.4. The van der Waals surface area contributed by atoms with Gasteiger partial charge in [0.05, 0.1) is 37.0 Å². The van der Waals surface area contributed by atoms with Crippen molar-refractivity contribution in [3.8, 4) is 0 Å². The van der Waals surface area contributed by atoms with E-state index in [0.717, 1.165) is 23.4 Å². The number of para-hydroxylation sites is 1. The summed E-state index contributed by atoms with van der Waals surface area (Å²) in [6.45, 7) is 2.82. The molecule has 27 heavy (non-hydrogen) atoms. The Hall–Kier alpha value is -1.89. The second-order valence-corrected chi connectivity index (χ2v) is 8.95. The highest BCUT2D eigenvalue weighted by Crippen LogP contribution is 2.73. The number of aliphatic hydroxyl groups is 2. The maximum atomic E-state index is 12.8. The molecule has 0 aromatic heterocycles. The van der Waals surface area contributed by atoms with E-state index < -0.39 is 41.1 Å². The molecule has 6 rings (SSSR count). The molecule has 1 unspecified atom stereocenters. The van der Waals surface area contributed by atoms with Gasteiger partial charge in [0.2, 0.25) is 5.66 Å². The van der Waals surface area contributed by atoms with Gasteiger partial charge in [-0.1, -0.05) is 24.3 Å². The van der Waals surface area contributed by atoms with Gasteiger partial charge in [-0.05, 0) is 30.5 Å². The number of rotatable bonds is 2. The van der Waals surface area contributed by atoms with E-state index in [4.69, 9.17) is 0 Å². The standard InChI is InChI=1S/C21H26N2O4/c1-3-13-11-23(2)9-8-20-14-6-4-5-7-16(14)22-21(20,23)17(25)10-15(13)19(20,12-24)18(26)27/h3-7,15,17,22,24-25H,8-12H2,1-2H3/b13-3-/t15-,17+,19?,20-,21-,23-/m0/s1. The maximum absolute atomic E-state index is 12.8. The van der Waals surface area contributed by atoms with Crippen molar-refractivity contribution in [2.45, 2.75) is 36.9 Å². The predicted molar refractivity (Wildman–Crippen MR) is 97.4 cm³/mol. The number of carbonyl (C=O) groups is 1. The lowest BCUT2D eigenvalue weighted by Gasteiger charge is -2.60. The first-order valence-corrected chi connectivity index (χ1v) is 9.72. The highest BCUT2D eigenvalue weighted by Gasteiger charge is 2.86. The number of carbonyl (C=O) groups excluding carboxylic acids is 1. The lowest BCUT2D eigenvalue weighted by Crippen LogP contribution is -2.79. The highest BCUT2D eigenvalue weighted by molar-refractivity contribution is 5.82. The first-order valence-electron chi connectivity index (χ1n) is 9.72. The lowest BCUT2D eigenvalue weighted by atomic mass is 9.45. The van der Waals surface area contributed by atoms with Crippen LogP contribution in [0.3, 0.4) is 0 Å². The Morgan fingerprint density at radius 2 is 2.19 bits per heavy atom. The van der Waals surface area contributed by atoms with Crippen LogP contribution in [-0.2, 0) is 10.2 Å². The van der Waals surface area contributed by atoms with Crippen molar-refractivity contribution in [2.24, 2.45) is 11.3 Å². The monoisotopic (exact) mass is 370 g/mol. The summed E-state index contributed by atoms with van der Waals surface area (Å²) in [6.07, 6.45) is 2.16. The van der Waals surface area contributed by atoms with Crippen molar-refractivity contribution >= 4 is 11.7 Å². The van der Waals surface area contributed by atoms with Crippen molar-refractivity contribution in [3.05, 3.63) is 41.5 Å². The number of aliphatic hydroxyl groups excluding tert-OH is 2. The van der Waals surface area contributed by atoms with Crippen molar-refractivity contribution in [1.29, 1.82) is 0 Å². The molecular formula is C21H26N2O4. The second kappa shape index (κ2) is 4.93. The number of quaternary nitrogens is 1. The summed E-state index contributed by atoms with van der Waals surface area (Å²) in [4.78, 5) is 12.8. The quantitative estimate of drug-likeness (QED) is 0.502. The van der Waals surface area contributed by atoms with Crippen molar-refractivity contribution < 1.29 is 24.6 Å². The van der Waals surface area contributed by atoms with E-state index >= 15 is 0 Å².